The zero-order chi connectivity index (χ0) is 14.8. The van der Waals surface area contributed by atoms with Crippen LogP contribution in [-0.4, -0.2) is 30.9 Å². The van der Waals surface area contributed by atoms with E-state index in [1.807, 2.05) is 30.3 Å². The van der Waals surface area contributed by atoms with Crippen molar-refractivity contribution in [3.05, 3.63) is 48.0 Å². The summed E-state index contributed by atoms with van der Waals surface area (Å²) in [4.78, 5) is 23.3. The van der Waals surface area contributed by atoms with Crippen molar-refractivity contribution in [2.75, 3.05) is 13.1 Å². The Bertz CT molecular complexity index is 457. The molecule has 108 valence electrons. The predicted molar refractivity (Wildman–Crippen MR) is 79.0 cm³/mol. The van der Waals surface area contributed by atoms with Gasteiger partial charge in [-0.25, -0.2) is 0 Å². The molecule has 0 saturated carbocycles. The van der Waals surface area contributed by atoms with E-state index in [-0.39, 0.29) is 11.8 Å². The second-order valence-corrected chi connectivity index (χ2v) is 4.40. The fourth-order valence-electron chi connectivity index (χ4n) is 1.77. The van der Waals surface area contributed by atoms with Crippen molar-refractivity contribution in [1.82, 2.24) is 10.6 Å². The topological polar surface area (TPSA) is 84.2 Å². The first-order chi connectivity index (χ1) is 9.63. The third-order valence-electron chi connectivity index (χ3n) is 2.67. The van der Waals surface area contributed by atoms with Gasteiger partial charge in [-0.1, -0.05) is 42.5 Å². The van der Waals surface area contributed by atoms with Crippen molar-refractivity contribution in [1.29, 1.82) is 0 Å². The first-order valence-electron chi connectivity index (χ1n) is 6.57. The van der Waals surface area contributed by atoms with Crippen LogP contribution in [-0.2, 0) is 16.0 Å². The minimum Gasteiger partial charge on any atom is -0.351 e. The highest BCUT2D eigenvalue weighted by Crippen LogP contribution is 2.03. The Morgan fingerprint density at radius 1 is 1.25 bits per heavy atom. The number of carbonyl (C=O) groups excluding carboxylic acids is 2. The molecule has 0 aliphatic rings. The van der Waals surface area contributed by atoms with E-state index in [9.17, 15) is 9.59 Å². The molecule has 0 aromatic heterocycles. The summed E-state index contributed by atoms with van der Waals surface area (Å²) in [6.45, 7) is 2.25. The lowest BCUT2D eigenvalue weighted by atomic mass is 10.1. The van der Waals surface area contributed by atoms with Crippen LogP contribution in [0, 0.1) is 0 Å². The summed E-state index contributed by atoms with van der Waals surface area (Å²) >= 11 is 0. The minimum absolute atomic E-state index is 0.203. The molecular weight excluding hydrogens is 254 g/mol. The molecule has 0 saturated heterocycles. The first kappa shape index (κ1) is 15.9. The molecule has 2 amide bonds. The van der Waals surface area contributed by atoms with Crippen molar-refractivity contribution in [2.45, 2.75) is 19.4 Å². The molecule has 0 spiro atoms. The largest absolute Gasteiger partial charge is 0.351 e. The van der Waals surface area contributed by atoms with Crippen LogP contribution in [0.15, 0.2) is 42.5 Å². The lowest BCUT2D eigenvalue weighted by molar-refractivity contribution is -0.127. The van der Waals surface area contributed by atoms with E-state index in [1.165, 1.54) is 6.92 Å². The van der Waals surface area contributed by atoms with Crippen LogP contribution in [0.1, 0.15) is 12.5 Å². The van der Waals surface area contributed by atoms with Crippen LogP contribution in [0.25, 0.3) is 0 Å². The Balaban J connectivity index is 2.61. The van der Waals surface area contributed by atoms with Gasteiger partial charge in [0.05, 0.1) is 0 Å². The van der Waals surface area contributed by atoms with Crippen molar-refractivity contribution in [2.24, 2.45) is 5.73 Å². The summed E-state index contributed by atoms with van der Waals surface area (Å²) in [5.74, 6) is -0.427. The van der Waals surface area contributed by atoms with Crippen LogP contribution in [0.2, 0.25) is 0 Å². The van der Waals surface area contributed by atoms with E-state index in [2.05, 4.69) is 10.6 Å². The molecule has 5 heteroatoms. The summed E-state index contributed by atoms with van der Waals surface area (Å²) in [7, 11) is 0. The van der Waals surface area contributed by atoms with Gasteiger partial charge in [0, 0.05) is 26.4 Å². The normalized spacial score (nSPS) is 12.1. The predicted octanol–water partition coefficient (Wildman–Crippen LogP) is 0.365. The van der Waals surface area contributed by atoms with Crippen molar-refractivity contribution >= 4 is 11.8 Å². The quantitative estimate of drug-likeness (QED) is 0.628. The molecule has 0 bridgehead atoms. The summed E-state index contributed by atoms with van der Waals surface area (Å²) < 4.78 is 0. The molecule has 0 heterocycles. The fraction of sp³-hybridized carbons (Fsp3) is 0.333. The summed E-state index contributed by atoms with van der Waals surface area (Å²) in [6, 6.07) is 9.01. The molecule has 5 nitrogen and oxygen atoms in total. The standard InChI is InChI=1S/C15H21N3O2/c1-12(19)18-14(11-13-7-3-2-4-8-13)15(20)17-10-6-5-9-16/h2-8,14H,9-11,16H2,1H3,(H,17,20)(H,18,19)/t14-/m0/s1. The van der Waals surface area contributed by atoms with Gasteiger partial charge in [-0.05, 0) is 5.56 Å². The number of rotatable bonds is 7. The van der Waals surface area contributed by atoms with Gasteiger partial charge in [0.15, 0.2) is 0 Å². The molecule has 0 fully saturated rings. The minimum atomic E-state index is -0.568. The SMILES string of the molecule is CC(=O)N[C@@H](Cc1ccccc1)C(=O)NCC=CCN. The van der Waals surface area contributed by atoms with E-state index in [0.717, 1.165) is 5.56 Å². The number of carbonyl (C=O) groups is 2. The Labute approximate surface area is 119 Å². The highest BCUT2D eigenvalue weighted by Gasteiger charge is 2.18. The Kier molecular flexibility index (Phi) is 7.06. The maximum atomic E-state index is 12.1. The molecule has 1 rings (SSSR count). The van der Waals surface area contributed by atoms with Crippen LogP contribution in [0.4, 0.5) is 0 Å². The number of amides is 2. The van der Waals surface area contributed by atoms with Crippen molar-refractivity contribution in [3.63, 3.8) is 0 Å². The number of nitrogens with two attached hydrogens (primary N) is 1. The molecular formula is C15H21N3O2. The van der Waals surface area contributed by atoms with Crippen LogP contribution in [0.5, 0.6) is 0 Å². The van der Waals surface area contributed by atoms with E-state index in [0.29, 0.717) is 19.5 Å². The summed E-state index contributed by atoms with van der Waals surface area (Å²) in [6.07, 6.45) is 4.02. The van der Waals surface area contributed by atoms with Gasteiger partial charge in [0.1, 0.15) is 6.04 Å². The lowest BCUT2D eigenvalue weighted by Gasteiger charge is -2.17. The Hall–Kier alpha value is -2.14. The maximum absolute atomic E-state index is 12.1. The smallest absolute Gasteiger partial charge is 0.243 e. The summed E-state index contributed by atoms with van der Waals surface area (Å²) in [5, 5.41) is 5.42. The Morgan fingerprint density at radius 2 is 1.95 bits per heavy atom. The van der Waals surface area contributed by atoms with Crippen LogP contribution >= 0.6 is 0 Å². The van der Waals surface area contributed by atoms with Gasteiger partial charge in [-0.15, -0.1) is 0 Å². The first-order valence-corrected chi connectivity index (χ1v) is 6.57. The highest BCUT2D eigenvalue weighted by molar-refractivity contribution is 5.87. The van der Waals surface area contributed by atoms with Gasteiger partial charge < -0.3 is 16.4 Å². The van der Waals surface area contributed by atoms with E-state index in [4.69, 9.17) is 5.73 Å². The molecule has 1 aromatic rings. The monoisotopic (exact) mass is 275 g/mol. The van der Waals surface area contributed by atoms with Gasteiger partial charge in [0.25, 0.3) is 0 Å². The molecule has 20 heavy (non-hydrogen) atoms. The van der Waals surface area contributed by atoms with Crippen molar-refractivity contribution in [3.8, 4) is 0 Å². The van der Waals surface area contributed by atoms with E-state index in [1.54, 1.807) is 12.2 Å². The van der Waals surface area contributed by atoms with Crippen molar-refractivity contribution < 1.29 is 9.59 Å². The Morgan fingerprint density at radius 3 is 2.55 bits per heavy atom. The maximum Gasteiger partial charge on any atom is 0.243 e. The number of hydrogen-bond donors (Lipinski definition) is 3. The fourth-order valence-corrected chi connectivity index (χ4v) is 1.77. The van der Waals surface area contributed by atoms with Gasteiger partial charge in [0.2, 0.25) is 11.8 Å². The molecule has 0 radical (unpaired) electrons. The molecule has 1 aromatic carbocycles. The van der Waals surface area contributed by atoms with Crippen LogP contribution in [0.3, 0.4) is 0 Å². The highest BCUT2D eigenvalue weighted by atomic mass is 16.2. The third kappa shape index (κ3) is 6.15. The van der Waals surface area contributed by atoms with Gasteiger partial charge in [-0.2, -0.15) is 0 Å². The molecule has 1 atom stereocenters. The van der Waals surface area contributed by atoms with Gasteiger partial charge in [-0.3, -0.25) is 9.59 Å². The second-order valence-electron chi connectivity index (χ2n) is 4.40. The van der Waals surface area contributed by atoms with E-state index >= 15 is 0 Å². The molecule has 0 unspecified atom stereocenters. The average molecular weight is 275 g/mol. The summed E-state index contributed by atoms with van der Waals surface area (Å²) in [5.41, 5.74) is 6.32. The van der Waals surface area contributed by atoms with E-state index < -0.39 is 6.04 Å². The number of nitrogens with one attached hydrogen (secondary N) is 2. The number of hydrogen-bond acceptors (Lipinski definition) is 3. The zero-order valence-corrected chi connectivity index (χ0v) is 11.6. The molecule has 0 aliphatic heterocycles. The zero-order valence-electron chi connectivity index (χ0n) is 11.6. The lowest BCUT2D eigenvalue weighted by Crippen LogP contribution is -2.47. The molecule has 0 aliphatic carbocycles. The second kappa shape index (κ2) is 8.87. The average Bonchev–Trinajstić information content (AvgIpc) is 2.43. The van der Waals surface area contributed by atoms with Gasteiger partial charge >= 0.3 is 0 Å². The third-order valence-corrected chi connectivity index (χ3v) is 2.67. The number of benzene rings is 1. The molecule has 4 N–H and O–H groups in total. The van der Waals surface area contributed by atoms with Crippen LogP contribution < -0.4 is 16.4 Å².